The Labute approximate surface area is 160 Å². The Morgan fingerprint density at radius 2 is 2.00 bits per heavy atom. The highest BCUT2D eigenvalue weighted by atomic mass is 16.6. The first-order chi connectivity index (χ1) is 13.5. The first-order valence-electron chi connectivity index (χ1n) is 8.73. The number of methoxy groups -OCH3 is 1. The molecule has 0 unspecified atom stereocenters. The molecule has 1 amide bonds. The van der Waals surface area contributed by atoms with Gasteiger partial charge >= 0.3 is 5.97 Å². The first-order valence-corrected chi connectivity index (χ1v) is 8.73. The number of fused-ring (bicyclic) bond motifs is 2. The predicted molar refractivity (Wildman–Crippen MR) is 102 cm³/mol. The van der Waals surface area contributed by atoms with Crippen LogP contribution >= 0.6 is 0 Å². The molecule has 0 saturated carbocycles. The van der Waals surface area contributed by atoms with Crippen LogP contribution in [0.2, 0.25) is 0 Å². The van der Waals surface area contributed by atoms with Crippen LogP contribution in [0.1, 0.15) is 15.9 Å². The monoisotopic (exact) mass is 379 g/mol. The maximum Gasteiger partial charge on any atom is 0.337 e. The lowest BCUT2D eigenvalue weighted by atomic mass is 10.1. The van der Waals surface area contributed by atoms with Crippen LogP contribution in [-0.2, 0) is 22.5 Å². The Balaban J connectivity index is 1.57. The van der Waals surface area contributed by atoms with Gasteiger partial charge in [0.15, 0.2) is 0 Å². The number of ether oxygens (including phenoxy) is 1. The van der Waals surface area contributed by atoms with E-state index in [2.05, 4.69) is 0 Å². The molecule has 2 heterocycles. The Bertz CT molecular complexity index is 1120. The minimum Gasteiger partial charge on any atom is -0.465 e. The number of aromatic nitrogens is 1. The van der Waals surface area contributed by atoms with E-state index in [1.54, 1.807) is 46.0 Å². The van der Waals surface area contributed by atoms with Crippen LogP contribution in [0.3, 0.4) is 0 Å². The van der Waals surface area contributed by atoms with Gasteiger partial charge in [0, 0.05) is 41.5 Å². The highest BCUT2D eigenvalue weighted by Crippen LogP contribution is 2.30. The van der Waals surface area contributed by atoms with Crippen molar-refractivity contribution in [1.29, 1.82) is 0 Å². The Morgan fingerprint density at radius 3 is 2.75 bits per heavy atom. The lowest BCUT2D eigenvalue weighted by Crippen LogP contribution is -2.32. The molecule has 0 atom stereocenters. The minimum atomic E-state index is -0.439. The van der Waals surface area contributed by atoms with Crippen LogP contribution in [0.25, 0.3) is 10.9 Å². The molecule has 8 heteroatoms. The molecule has 0 radical (unpaired) electrons. The summed E-state index contributed by atoms with van der Waals surface area (Å²) < 4.78 is 6.52. The number of non-ortho nitro benzene ring substituents is 1. The van der Waals surface area contributed by atoms with Gasteiger partial charge in [-0.2, -0.15) is 0 Å². The van der Waals surface area contributed by atoms with Crippen molar-refractivity contribution in [2.24, 2.45) is 0 Å². The van der Waals surface area contributed by atoms with Gasteiger partial charge in [0.2, 0.25) is 5.91 Å². The highest BCUT2D eigenvalue weighted by molar-refractivity contribution is 5.98. The van der Waals surface area contributed by atoms with Gasteiger partial charge in [-0.05, 0) is 42.3 Å². The molecule has 142 valence electrons. The van der Waals surface area contributed by atoms with Gasteiger partial charge in [0.1, 0.15) is 6.54 Å². The number of nitrogens with zero attached hydrogens (tertiary/aromatic N) is 3. The largest absolute Gasteiger partial charge is 0.465 e. The fourth-order valence-corrected chi connectivity index (χ4v) is 3.58. The molecule has 0 bridgehead atoms. The summed E-state index contributed by atoms with van der Waals surface area (Å²) >= 11 is 0. The normalized spacial score (nSPS) is 12.8. The summed E-state index contributed by atoms with van der Waals surface area (Å²) in [5.41, 5.74) is 2.98. The molecule has 0 aliphatic carbocycles. The lowest BCUT2D eigenvalue weighted by molar-refractivity contribution is -0.384. The van der Waals surface area contributed by atoms with Gasteiger partial charge in [-0.1, -0.05) is 0 Å². The van der Waals surface area contributed by atoms with Gasteiger partial charge in [-0.25, -0.2) is 4.79 Å². The third-order valence-corrected chi connectivity index (χ3v) is 4.97. The number of carbonyl (C=O) groups is 2. The van der Waals surface area contributed by atoms with Crippen molar-refractivity contribution in [3.05, 3.63) is 69.9 Å². The quantitative estimate of drug-likeness (QED) is 0.395. The van der Waals surface area contributed by atoms with Crippen molar-refractivity contribution < 1.29 is 19.2 Å². The molecular formula is C20H17N3O5. The van der Waals surface area contributed by atoms with Gasteiger partial charge in [0.25, 0.3) is 5.69 Å². The maximum atomic E-state index is 12.9. The maximum absolute atomic E-state index is 12.9. The summed E-state index contributed by atoms with van der Waals surface area (Å²) in [7, 11) is 1.33. The number of nitro groups is 1. The first kappa shape index (κ1) is 17.7. The van der Waals surface area contributed by atoms with Crippen molar-refractivity contribution in [3.63, 3.8) is 0 Å². The number of nitro benzene ring substituents is 1. The van der Waals surface area contributed by atoms with E-state index in [-0.39, 0.29) is 18.1 Å². The molecule has 1 aliphatic rings. The van der Waals surface area contributed by atoms with E-state index in [9.17, 15) is 19.7 Å². The lowest BCUT2D eigenvalue weighted by Gasteiger charge is -2.18. The van der Waals surface area contributed by atoms with Crippen LogP contribution in [-0.4, -0.2) is 35.0 Å². The second kappa shape index (κ2) is 6.80. The number of hydrogen-bond acceptors (Lipinski definition) is 5. The van der Waals surface area contributed by atoms with Crippen LogP contribution < -0.4 is 4.90 Å². The number of amides is 1. The van der Waals surface area contributed by atoms with E-state index >= 15 is 0 Å². The number of esters is 1. The number of hydrogen-bond donors (Lipinski definition) is 0. The summed E-state index contributed by atoms with van der Waals surface area (Å²) in [5, 5.41) is 11.6. The van der Waals surface area contributed by atoms with E-state index in [0.29, 0.717) is 23.9 Å². The van der Waals surface area contributed by atoms with Crippen molar-refractivity contribution in [2.75, 3.05) is 18.6 Å². The smallest absolute Gasteiger partial charge is 0.337 e. The molecule has 1 aromatic heterocycles. The number of rotatable bonds is 4. The molecule has 4 rings (SSSR count). The highest BCUT2D eigenvalue weighted by Gasteiger charge is 2.26. The summed E-state index contributed by atoms with van der Waals surface area (Å²) in [5.74, 6) is -0.485. The Hall–Kier alpha value is -3.68. The zero-order valence-electron chi connectivity index (χ0n) is 15.1. The number of carbonyl (C=O) groups excluding carboxylic acids is 2. The molecule has 0 fully saturated rings. The van der Waals surface area contributed by atoms with Gasteiger partial charge in [0.05, 0.1) is 17.6 Å². The average molecular weight is 379 g/mol. The van der Waals surface area contributed by atoms with Gasteiger partial charge < -0.3 is 14.2 Å². The molecule has 2 aromatic carbocycles. The fourth-order valence-electron chi connectivity index (χ4n) is 3.58. The number of benzene rings is 2. The summed E-state index contributed by atoms with van der Waals surface area (Å²) in [6.07, 6.45) is 2.42. The third kappa shape index (κ3) is 2.98. The fraction of sp³-hybridized carbons (Fsp3) is 0.200. The number of anilines is 1. The molecule has 0 spiro atoms. The molecule has 8 nitrogen and oxygen atoms in total. The standard InChI is InChI=1S/C20H17N3O5/c1-28-20(25)15-2-4-18-13(10-15)7-9-22(18)19(24)12-21-8-6-14-11-16(23(26)27)3-5-17(14)21/h2-6,8,10-11H,7,9,12H2,1H3. The average Bonchev–Trinajstić information content (AvgIpc) is 3.30. The van der Waals surface area contributed by atoms with Crippen LogP contribution in [0.4, 0.5) is 11.4 Å². The van der Waals surface area contributed by atoms with E-state index in [1.165, 1.54) is 19.2 Å². The third-order valence-electron chi connectivity index (χ3n) is 4.97. The zero-order chi connectivity index (χ0) is 19.8. The van der Waals surface area contributed by atoms with Crippen molar-refractivity contribution in [2.45, 2.75) is 13.0 Å². The van der Waals surface area contributed by atoms with Crippen molar-refractivity contribution >= 4 is 34.2 Å². The predicted octanol–water partition coefficient (Wildman–Crippen LogP) is 2.93. The molecule has 3 aromatic rings. The SMILES string of the molecule is COC(=O)c1ccc2c(c1)CCN2C(=O)Cn1ccc2cc([N+](=O)[O-])ccc21. The van der Waals surface area contributed by atoms with Gasteiger partial charge in [-0.15, -0.1) is 0 Å². The van der Waals surface area contributed by atoms with Crippen LogP contribution in [0, 0.1) is 10.1 Å². The molecule has 28 heavy (non-hydrogen) atoms. The minimum absolute atomic E-state index is 0.0199. The van der Waals surface area contributed by atoms with Crippen LogP contribution in [0.5, 0.6) is 0 Å². The Morgan fingerprint density at radius 1 is 1.18 bits per heavy atom. The molecule has 1 aliphatic heterocycles. The van der Waals surface area contributed by atoms with E-state index < -0.39 is 10.9 Å². The van der Waals surface area contributed by atoms with Gasteiger partial charge in [-0.3, -0.25) is 14.9 Å². The summed E-state index contributed by atoms with van der Waals surface area (Å²) in [6, 6.07) is 11.5. The van der Waals surface area contributed by atoms with E-state index in [1.807, 2.05) is 0 Å². The second-order valence-electron chi connectivity index (χ2n) is 6.57. The summed E-state index contributed by atoms with van der Waals surface area (Å²) in [4.78, 5) is 36.7. The second-order valence-corrected chi connectivity index (χ2v) is 6.57. The molecule has 0 saturated heterocycles. The molecule has 0 N–H and O–H groups in total. The topological polar surface area (TPSA) is 94.7 Å². The Kier molecular flexibility index (Phi) is 4.31. The van der Waals surface area contributed by atoms with Crippen molar-refractivity contribution in [3.8, 4) is 0 Å². The van der Waals surface area contributed by atoms with E-state index in [4.69, 9.17) is 4.74 Å². The molecular weight excluding hydrogens is 362 g/mol. The zero-order valence-corrected chi connectivity index (χ0v) is 15.1. The van der Waals surface area contributed by atoms with Crippen LogP contribution in [0.15, 0.2) is 48.7 Å². The van der Waals surface area contributed by atoms with Crippen molar-refractivity contribution in [1.82, 2.24) is 4.57 Å². The summed E-state index contributed by atoms with van der Waals surface area (Å²) in [6.45, 7) is 0.670. The van der Waals surface area contributed by atoms with E-state index in [0.717, 1.165) is 16.8 Å².